The van der Waals surface area contributed by atoms with Crippen molar-refractivity contribution in [3.63, 3.8) is 0 Å². The molecule has 0 amide bonds. The highest BCUT2D eigenvalue weighted by molar-refractivity contribution is 7.13. The zero-order valence-electron chi connectivity index (χ0n) is 8.86. The Bertz CT molecular complexity index is 597. The van der Waals surface area contributed by atoms with E-state index in [0.717, 1.165) is 6.07 Å². The van der Waals surface area contributed by atoms with Crippen LogP contribution in [0.25, 0.3) is 0 Å². The van der Waals surface area contributed by atoms with Gasteiger partial charge in [0.2, 0.25) is 0 Å². The van der Waals surface area contributed by atoms with Crippen LogP contribution < -0.4 is 5.32 Å². The maximum absolute atomic E-state index is 11.0. The fraction of sp³-hybridized carbons (Fsp3) is 0. The Morgan fingerprint density at radius 1 is 1.50 bits per heavy atom. The van der Waals surface area contributed by atoms with Gasteiger partial charge in [0.1, 0.15) is 0 Å². The van der Waals surface area contributed by atoms with Crippen LogP contribution in [0.2, 0.25) is 0 Å². The average molecular weight is 265 g/mol. The van der Waals surface area contributed by atoms with Gasteiger partial charge in [0.25, 0.3) is 5.69 Å². The Kier molecular flexibility index (Phi) is 3.20. The first-order valence-corrected chi connectivity index (χ1v) is 5.64. The molecule has 1 aromatic carbocycles. The van der Waals surface area contributed by atoms with Crippen LogP contribution in [0.15, 0.2) is 29.8 Å². The zero-order valence-corrected chi connectivity index (χ0v) is 9.68. The van der Waals surface area contributed by atoms with E-state index in [2.05, 4.69) is 10.3 Å². The molecule has 0 aliphatic heterocycles. The number of nitro groups is 1. The average Bonchev–Trinajstić information content (AvgIpc) is 2.81. The van der Waals surface area contributed by atoms with Crippen LogP contribution in [-0.4, -0.2) is 21.0 Å². The van der Waals surface area contributed by atoms with E-state index < -0.39 is 10.9 Å². The van der Waals surface area contributed by atoms with E-state index in [9.17, 15) is 14.9 Å². The lowest BCUT2D eigenvalue weighted by Gasteiger charge is -2.06. The van der Waals surface area contributed by atoms with Gasteiger partial charge < -0.3 is 10.4 Å². The van der Waals surface area contributed by atoms with Crippen LogP contribution in [0, 0.1) is 10.1 Å². The second-order valence-corrected chi connectivity index (χ2v) is 4.15. The van der Waals surface area contributed by atoms with E-state index in [1.807, 2.05) is 0 Å². The Labute approximate surface area is 105 Å². The first-order chi connectivity index (χ1) is 8.58. The minimum absolute atomic E-state index is 0.167. The summed E-state index contributed by atoms with van der Waals surface area (Å²) >= 11 is 1.30. The first-order valence-electron chi connectivity index (χ1n) is 4.76. The molecule has 0 fully saturated rings. The lowest BCUT2D eigenvalue weighted by Crippen LogP contribution is -2.03. The van der Waals surface area contributed by atoms with Crippen LogP contribution >= 0.6 is 11.3 Å². The van der Waals surface area contributed by atoms with Crippen molar-refractivity contribution in [1.82, 2.24) is 4.98 Å². The van der Waals surface area contributed by atoms with E-state index in [1.54, 1.807) is 11.6 Å². The number of carboxylic acids is 1. The number of anilines is 2. The van der Waals surface area contributed by atoms with Crippen molar-refractivity contribution in [3.8, 4) is 0 Å². The molecule has 8 heteroatoms. The summed E-state index contributed by atoms with van der Waals surface area (Å²) in [4.78, 5) is 24.9. The summed E-state index contributed by atoms with van der Waals surface area (Å²) in [6.45, 7) is 0. The fourth-order valence-corrected chi connectivity index (χ4v) is 1.87. The van der Waals surface area contributed by atoms with Gasteiger partial charge in [0, 0.05) is 23.7 Å². The molecule has 1 aromatic heterocycles. The Hall–Kier alpha value is -2.48. The van der Waals surface area contributed by atoms with Gasteiger partial charge in [0.05, 0.1) is 16.2 Å². The molecule has 0 aliphatic carbocycles. The highest BCUT2D eigenvalue weighted by atomic mass is 32.1. The van der Waals surface area contributed by atoms with Gasteiger partial charge in [-0.2, -0.15) is 0 Å². The number of hydrogen-bond acceptors (Lipinski definition) is 6. The number of aromatic carboxylic acids is 1. The van der Waals surface area contributed by atoms with Gasteiger partial charge in [0.15, 0.2) is 5.13 Å². The molecule has 7 nitrogen and oxygen atoms in total. The summed E-state index contributed by atoms with van der Waals surface area (Å²) in [7, 11) is 0. The second kappa shape index (κ2) is 4.80. The maximum Gasteiger partial charge on any atom is 0.338 e. The second-order valence-electron chi connectivity index (χ2n) is 3.25. The molecule has 2 N–H and O–H groups in total. The summed E-state index contributed by atoms with van der Waals surface area (Å²) in [6, 6.07) is 3.60. The molecule has 92 valence electrons. The Morgan fingerprint density at radius 3 is 2.83 bits per heavy atom. The molecule has 2 aromatic rings. The number of rotatable bonds is 4. The smallest absolute Gasteiger partial charge is 0.338 e. The molecule has 0 radical (unpaired) electrons. The molecule has 0 saturated heterocycles. The number of carbonyl (C=O) groups is 1. The monoisotopic (exact) mass is 265 g/mol. The lowest BCUT2D eigenvalue weighted by atomic mass is 10.1. The Morgan fingerprint density at radius 2 is 2.28 bits per heavy atom. The van der Waals surface area contributed by atoms with Gasteiger partial charge in [-0.15, -0.1) is 11.3 Å². The highest BCUT2D eigenvalue weighted by Crippen LogP contribution is 2.26. The molecule has 0 atom stereocenters. The lowest BCUT2D eigenvalue weighted by molar-refractivity contribution is -0.384. The minimum Gasteiger partial charge on any atom is -0.478 e. The minimum atomic E-state index is -1.24. The van der Waals surface area contributed by atoms with Crippen molar-refractivity contribution in [2.45, 2.75) is 0 Å². The van der Waals surface area contributed by atoms with Gasteiger partial charge in [-0.1, -0.05) is 0 Å². The zero-order chi connectivity index (χ0) is 13.1. The van der Waals surface area contributed by atoms with Crippen molar-refractivity contribution in [2.24, 2.45) is 0 Å². The molecular formula is C10H7N3O4S. The molecule has 0 bridgehead atoms. The quantitative estimate of drug-likeness (QED) is 0.649. The number of nitro benzene ring substituents is 1. The van der Waals surface area contributed by atoms with Crippen molar-refractivity contribution in [1.29, 1.82) is 0 Å². The molecular weight excluding hydrogens is 258 g/mol. The predicted molar refractivity (Wildman–Crippen MR) is 65.5 cm³/mol. The van der Waals surface area contributed by atoms with Crippen LogP contribution in [-0.2, 0) is 0 Å². The van der Waals surface area contributed by atoms with Crippen molar-refractivity contribution in [3.05, 3.63) is 45.5 Å². The van der Waals surface area contributed by atoms with E-state index in [4.69, 9.17) is 5.11 Å². The van der Waals surface area contributed by atoms with Gasteiger partial charge in [-0.3, -0.25) is 10.1 Å². The van der Waals surface area contributed by atoms with Crippen LogP contribution in [0.4, 0.5) is 16.5 Å². The number of nitrogens with one attached hydrogen (secondary N) is 1. The molecule has 18 heavy (non-hydrogen) atoms. The van der Waals surface area contributed by atoms with Gasteiger partial charge >= 0.3 is 5.97 Å². The summed E-state index contributed by atoms with van der Waals surface area (Å²) in [5.74, 6) is -1.24. The third-order valence-corrected chi connectivity index (χ3v) is 2.81. The summed E-state index contributed by atoms with van der Waals surface area (Å²) in [5, 5.41) is 24.7. The number of thiazole rings is 1. The van der Waals surface area contributed by atoms with Gasteiger partial charge in [-0.05, 0) is 6.07 Å². The molecule has 0 unspecified atom stereocenters. The Balaban J connectivity index is 2.40. The number of hydrogen-bond donors (Lipinski definition) is 2. The van der Waals surface area contributed by atoms with Crippen LogP contribution in [0.1, 0.15) is 10.4 Å². The van der Waals surface area contributed by atoms with Crippen LogP contribution in [0.3, 0.4) is 0 Å². The summed E-state index contributed by atoms with van der Waals surface area (Å²) in [5.41, 5.74) is -0.167. The summed E-state index contributed by atoms with van der Waals surface area (Å²) < 4.78 is 0. The topological polar surface area (TPSA) is 105 Å². The van der Waals surface area contributed by atoms with Crippen molar-refractivity contribution < 1.29 is 14.8 Å². The third-order valence-electron chi connectivity index (χ3n) is 2.12. The van der Waals surface area contributed by atoms with Crippen molar-refractivity contribution >= 4 is 33.8 Å². The van der Waals surface area contributed by atoms with E-state index in [-0.39, 0.29) is 16.9 Å². The SMILES string of the molecule is O=C(O)c1cc([N+](=O)[O-])ccc1Nc1nccs1. The molecule has 2 rings (SSSR count). The van der Waals surface area contributed by atoms with Crippen molar-refractivity contribution in [2.75, 3.05) is 5.32 Å². The van der Waals surface area contributed by atoms with Gasteiger partial charge in [-0.25, -0.2) is 9.78 Å². The highest BCUT2D eigenvalue weighted by Gasteiger charge is 2.16. The van der Waals surface area contributed by atoms with Crippen LogP contribution in [0.5, 0.6) is 0 Å². The normalized spacial score (nSPS) is 10.0. The molecule has 0 aliphatic rings. The third kappa shape index (κ3) is 2.43. The molecule has 1 heterocycles. The largest absolute Gasteiger partial charge is 0.478 e. The fourth-order valence-electron chi connectivity index (χ4n) is 1.33. The number of carboxylic acid groups (broad SMARTS) is 1. The van der Waals surface area contributed by atoms with E-state index in [0.29, 0.717) is 5.13 Å². The number of non-ortho nitro benzene ring substituents is 1. The first kappa shape index (κ1) is 12.0. The number of benzene rings is 1. The molecule has 0 saturated carbocycles. The maximum atomic E-state index is 11.0. The molecule has 0 spiro atoms. The van der Waals surface area contributed by atoms with E-state index in [1.165, 1.54) is 23.5 Å². The number of nitrogens with zero attached hydrogens (tertiary/aromatic N) is 2. The van der Waals surface area contributed by atoms with E-state index >= 15 is 0 Å². The number of aromatic nitrogens is 1. The summed E-state index contributed by atoms with van der Waals surface area (Å²) in [6.07, 6.45) is 1.57. The predicted octanol–water partition coefficient (Wildman–Crippen LogP) is 2.49. The standard InChI is InChI=1S/C10H7N3O4S/c14-9(15)7-5-6(13(16)17)1-2-8(7)12-10-11-3-4-18-10/h1-5H,(H,11,12)(H,14,15).